The standard InChI is InChI=1S/C14H17N3OS/c1-9-3-5-14(6-4-9)10(7-15)12(18)17-13(19-2)11(14)8-16/h9-10H,3-6H2,1-2H3,(H,17,18)/t9?,10-,14?/m1/s1. The molecule has 1 atom stereocenters. The number of nitriles is 2. The van der Waals surface area contributed by atoms with Gasteiger partial charge in [-0.2, -0.15) is 10.5 Å². The molecule has 1 N–H and O–H groups in total. The van der Waals surface area contributed by atoms with Crippen molar-refractivity contribution in [3.05, 3.63) is 10.6 Å². The summed E-state index contributed by atoms with van der Waals surface area (Å²) in [6.07, 6.45) is 5.30. The highest BCUT2D eigenvalue weighted by atomic mass is 32.2. The van der Waals surface area contributed by atoms with Gasteiger partial charge < -0.3 is 5.32 Å². The molecule has 0 aromatic rings. The highest BCUT2D eigenvalue weighted by Crippen LogP contribution is 2.52. The van der Waals surface area contributed by atoms with Crippen LogP contribution in [-0.4, -0.2) is 12.2 Å². The number of carbonyl (C=O) groups excluding carboxylic acids is 1. The fourth-order valence-electron chi connectivity index (χ4n) is 3.18. The molecule has 1 amide bonds. The minimum absolute atomic E-state index is 0.250. The van der Waals surface area contributed by atoms with E-state index in [1.165, 1.54) is 11.8 Å². The first-order valence-corrected chi connectivity index (χ1v) is 7.71. The molecule has 1 spiro atoms. The summed E-state index contributed by atoms with van der Waals surface area (Å²) in [6.45, 7) is 2.18. The van der Waals surface area contributed by atoms with Crippen LogP contribution in [0.4, 0.5) is 0 Å². The van der Waals surface area contributed by atoms with Crippen molar-refractivity contribution in [2.45, 2.75) is 32.6 Å². The van der Waals surface area contributed by atoms with E-state index < -0.39 is 11.3 Å². The lowest BCUT2D eigenvalue weighted by Gasteiger charge is -2.44. The first kappa shape index (κ1) is 14.0. The van der Waals surface area contributed by atoms with Crippen molar-refractivity contribution in [2.75, 3.05) is 6.26 Å². The van der Waals surface area contributed by atoms with Gasteiger partial charge >= 0.3 is 0 Å². The van der Waals surface area contributed by atoms with Gasteiger partial charge in [0.05, 0.1) is 22.7 Å². The first-order chi connectivity index (χ1) is 9.08. The molecule has 19 heavy (non-hydrogen) atoms. The molecule has 5 heteroatoms. The lowest BCUT2D eigenvalue weighted by Crippen LogP contribution is -2.49. The Balaban J connectivity index is 2.53. The van der Waals surface area contributed by atoms with Crippen LogP contribution in [0, 0.1) is 39.9 Å². The summed E-state index contributed by atoms with van der Waals surface area (Å²) < 4.78 is 0. The molecule has 1 aliphatic heterocycles. The fourth-order valence-corrected chi connectivity index (χ4v) is 3.84. The summed E-state index contributed by atoms with van der Waals surface area (Å²) in [6, 6.07) is 4.39. The maximum Gasteiger partial charge on any atom is 0.243 e. The van der Waals surface area contributed by atoms with Gasteiger partial charge in [0.15, 0.2) is 0 Å². The van der Waals surface area contributed by atoms with Gasteiger partial charge in [0.25, 0.3) is 0 Å². The Kier molecular flexibility index (Phi) is 3.87. The van der Waals surface area contributed by atoms with E-state index in [2.05, 4.69) is 24.4 Å². The van der Waals surface area contributed by atoms with Crippen LogP contribution in [0.25, 0.3) is 0 Å². The molecule has 1 fully saturated rings. The zero-order chi connectivity index (χ0) is 14.0. The molecule has 2 aliphatic rings. The van der Waals surface area contributed by atoms with E-state index >= 15 is 0 Å². The van der Waals surface area contributed by atoms with Crippen LogP contribution < -0.4 is 5.32 Å². The van der Waals surface area contributed by atoms with E-state index in [1.807, 2.05) is 6.26 Å². The molecular formula is C14H17N3OS. The van der Waals surface area contributed by atoms with Crippen molar-refractivity contribution < 1.29 is 4.79 Å². The molecule has 0 bridgehead atoms. The van der Waals surface area contributed by atoms with Crippen molar-refractivity contribution in [3.63, 3.8) is 0 Å². The average molecular weight is 275 g/mol. The van der Waals surface area contributed by atoms with Crippen LogP contribution in [0.1, 0.15) is 32.6 Å². The molecule has 0 aromatic carbocycles. The number of thioether (sulfide) groups is 1. The Bertz CT molecular complexity index is 504. The number of hydrogen-bond acceptors (Lipinski definition) is 4. The van der Waals surface area contributed by atoms with Crippen molar-refractivity contribution in [3.8, 4) is 12.1 Å². The maximum atomic E-state index is 12.1. The summed E-state index contributed by atoms with van der Waals surface area (Å²) in [7, 11) is 0. The molecule has 4 nitrogen and oxygen atoms in total. The van der Waals surface area contributed by atoms with E-state index in [4.69, 9.17) is 0 Å². The van der Waals surface area contributed by atoms with Gasteiger partial charge in [0.2, 0.25) is 5.91 Å². The minimum Gasteiger partial charge on any atom is -0.319 e. The molecule has 0 radical (unpaired) electrons. The predicted octanol–water partition coefficient (Wildman–Crippen LogP) is 2.55. The Labute approximate surface area is 117 Å². The van der Waals surface area contributed by atoms with E-state index in [9.17, 15) is 15.3 Å². The third-order valence-corrected chi connectivity index (χ3v) is 5.10. The van der Waals surface area contributed by atoms with Crippen LogP contribution in [0.5, 0.6) is 0 Å². The van der Waals surface area contributed by atoms with Crippen LogP contribution in [0.15, 0.2) is 10.6 Å². The summed E-state index contributed by atoms with van der Waals surface area (Å²) in [5.74, 6) is -0.376. The first-order valence-electron chi connectivity index (χ1n) is 6.48. The molecule has 1 heterocycles. The predicted molar refractivity (Wildman–Crippen MR) is 73.5 cm³/mol. The van der Waals surface area contributed by atoms with Gasteiger partial charge in [0, 0.05) is 5.41 Å². The summed E-state index contributed by atoms with van der Waals surface area (Å²) in [5.41, 5.74) is 0.0505. The molecule has 2 rings (SSSR count). The Morgan fingerprint density at radius 1 is 1.37 bits per heavy atom. The van der Waals surface area contributed by atoms with Crippen molar-refractivity contribution in [1.82, 2.24) is 5.32 Å². The minimum atomic E-state index is -0.731. The molecule has 0 unspecified atom stereocenters. The van der Waals surface area contributed by atoms with Gasteiger partial charge in [0.1, 0.15) is 5.92 Å². The van der Waals surface area contributed by atoms with Crippen LogP contribution in [0.2, 0.25) is 0 Å². The van der Waals surface area contributed by atoms with Gasteiger partial charge in [-0.15, -0.1) is 11.8 Å². The van der Waals surface area contributed by atoms with Crippen LogP contribution in [0.3, 0.4) is 0 Å². The third-order valence-electron chi connectivity index (χ3n) is 4.39. The number of carbonyl (C=O) groups is 1. The largest absolute Gasteiger partial charge is 0.319 e. The van der Waals surface area contributed by atoms with E-state index in [-0.39, 0.29) is 5.91 Å². The van der Waals surface area contributed by atoms with E-state index in [0.29, 0.717) is 16.5 Å². The third kappa shape index (κ3) is 2.13. The zero-order valence-electron chi connectivity index (χ0n) is 11.2. The second-order valence-electron chi connectivity index (χ2n) is 5.41. The van der Waals surface area contributed by atoms with Gasteiger partial charge in [-0.25, -0.2) is 0 Å². The number of nitrogens with zero attached hydrogens (tertiary/aromatic N) is 2. The topological polar surface area (TPSA) is 76.7 Å². The quantitative estimate of drug-likeness (QED) is 0.797. The number of rotatable bonds is 1. The Morgan fingerprint density at radius 3 is 2.47 bits per heavy atom. The molecule has 0 saturated heterocycles. The number of allylic oxidation sites excluding steroid dienone is 1. The van der Waals surface area contributed by atoms with Gasteiger partial charge in [-0.3, -0.25) is 4.79 Å². The number of amides is 1. The Morgan fingerprint density at radius 2 is 2.00 bits per heavy atom. The number of hydrogen-bond donors (Lipinski definition) is 1. The molecular weight excluding hydrogens is 258 g/mol. The molecule has 1 aliphatic carbocycles. The second-order valence-corrected chi connectivity index (χ2v) is 6.23. The van der Waals surface area contributed by atoms with Crippen molar-refractivity contribution in [1.29, 1.82) is 10.5 Å². The SMILES string of the molecule is CSC1=C(C#N)C2(CCC(C)CC2)[C@H](C#N)C(=O)N1. The highest BCUT2D eigenvalue weighted by Gasteiger charge is 2.52. The van der Waals surface area contributed by atoms with Crippen molar-refractivity contribution in [2.24, 2.45) is 17.3 Å². The zero-order valence-corrected chi connectivity index (χ0v) is 12.0. The fraction of sp³-hybridized carbons (Fsp3) is 0.643. The van der Waals surface area contributed by atoms with Crippen LogP contribution in [-0.2, 0) is 4.79 Å². The molecule has 100 valence electrons. The summed E-state index contributed by atoms with van der Waals surface area (Å²) in [5, 5.41) is 22.2. The Hall–Kier alpha value is -1.46. The van der Waals surface area contributed by atoms with Gasteiger partial charge in [-0.05, 0) is 37.9 Å². The summed E-state index contributed by atoms with van der Waals surface area (Å²) in [4.78, 5) is 12.1. The van der Waals surface area contributed by atoms with Crippen LogP contribution >= 0.6 is 11.8 Å². The summed E-state index contributed by atoms with van der Waals surface area (Å²) >= 11 is 1.38. The van der Waals surface area contributed by atoms with E-state index in [1.54, 1.807) is 0 Å². The normalized spacial score (nSPS) is 34.6. The lowest BCUT2D eigenvalue weighted by atomic mass is 9.59. The highest BCUT2D eigenvalue weighted by molar-refractivity contribution is 8.02. The van der Waals surface area contributed by atoms with E-state index in [0.717, 1.165) is 25.7 Å². The second kappa shape index (κ2) is 5.27. The molecule has 1 saturated carbocycles. The smallest absolute Gasteiger partial charge is 0.243 e. The average Bonchev–Trinajstić information content (AvgIpc) is 2.41. The van der Waals surface area contributed by atoms with Crippen molar-refractivity contribution >= 4 is 17.7 Å². The molecule has 0 aromatic heterocycles. The van der Waals surface area contributed by atoms with Gasteiger partial charge in [-0.1, -0.05) is 6.92 Å². The maximum absolute atomic E-state index is 12.1. The lowest BCUT2D eigenvalue weighted by molar-refractivity contribution is -0.127. The number of nitrogens with one attached hydrogen (secondary N) is 1. The monoisotopic (exact) mass is 275 g/mol.